The van der Waals surface area contributed by atoms with E-state index in [0.717, 1.165) is 35.4 Å². The maximum absolute atomic E-state index is 6.23. The molecule has 260 valence electrons. The average molecular weight is 706 g/mol. The molecule has 11 aromatic rings. The summed E-state index contributed by atoms with van der Waals surface area (Å²) in [6.45, 7) is 4.65. The first-order valence-corrected chi connectivity index (χ1v) is 19.5. The van der Waals surface area contributed by atoms with Crippen molar-refractivity contribution in [3.05, 3.63) is 161 Å². The summed E-state index contributed by atoms with van der Waals surface area (Å²) < 4.78 is 15.0. The number of furan rings is 2. The van der Waals surface area contributed by atoms with Crippen LogP contribution in [0.5, 0.6) is 0 Å². The number of aromatic nitrogens is 1. The van der Waals surface area contributed by atoms with Gasteiger partial charge in [-0.25, -0.2) is 0 Å². The van der Waals surface area contributed by atoms with Gasteiger partial charge in [-0.1, -0.05) is 92.7 Å². The van der Waals surface area contributed by atoms with E-state index >= 15 is 0 Å². The maximum Gasteiger partial charge on any atom is 0.135 e. The van der Waals surface area contributed by atoms with E-state index in [0.29, 0.717) is 5.92 Å². The third-order valence-electron chi connectivity index (χ3n) is 13.0. The molecule has 0 fully saturated rings. The molecule has 3 heteroatoms. The van der Waals surface area contributed by atoms with Gasteiger partial charge in [0.15, 0.2) is 0 Å². The van der Waals surface area contributed by atoms with E-state index in [1.165, 1.54) is 98.4 Å². The molecule has 2 aliphatic rings. The van der Waals surface area contributed by atoms with Crippen LogP contribution in [0.15, 0.2) is 142 Å². The number of hydrogen-bond acceptors (Lipinski definition) is 2. The van der Waals surface area contributed by atoms with Crippen molar-refractivity contribution in [2.45, 2.75) is 32.1 Å². The fourth-order valence-corrected chi connectivity index (χ4v) is 10.2. The molecule has 0 bridgehead atoms. The number of rotatable bonds is 2. The first kappa shape index (κ1) is 29.8. The van der Waals surface area contributed by atoms with Crippen molar-refractivity contribution in [3.63, 3.8) is 0 Å². The van der Waals surface area contributed by atoms with Crippen LogP contribution in [0.25, 0.3) is 105 Å². The first-order chi connectivity index (χ1) is 27.0. The summed E-state index contributed by atoms with van der Waals surface area (Å²) in [5, 5.41) is 11.4. The van der Waals surface area contributed by atoms with Crippen LogP contribution in [0.2, 0.25) is 0 Å². The molecule has 0 saturated carbocycles. The Morgan fingerprint density at radius 3 is 2.29 bits per heavy atom. The van der Waals surface area contributed by atoms with Crippen LogP contribution in [0, 0.1) is 5.92 Å². The van der Waals surface area contributed by atoms with Gasteiger partial charge in [-0.05, 0) is 124 Å². The van der Waals surface area contributed by atoms with E-state index < -0.39 is 0 Å². The Kier molecular flexibility index (Phi) is 5.61. The molecular formula is C52H35NO2. The van der Waals surface area contributed by atoms with Gasteiger partial charge in [-0.2, -0.15) is 0 Å². The van der Waals surface area contributed by atoms with E-state index in [1.807, 2.05) is 6.07 Å². The minimum atomic E-state index is -0.145. The van der Waals surface area contributed by atoms with Crippen LogP contribution in [0.1, 0.15) is 41.9 Å². The van der Waals surface area contributed by atoms with E-state index in [4.69, 9.17) is 8.83 Å². The second-order valence-electron chi connectivity index (χ2n) is 16.5. The molecule has 0 aliphatic heterocycles. The fraction of sp³-hybridized carbons (Fsp3) is 0.115. The zero-order valence-electron chi connectivity index (χ0n) is 30.6. The van der Waals surface area contributed by atoms with Gasteiger partial charge >= 0.3 is 0 Å². The summed E-state index contributed by atoms with van der Waals surface area (Å²) in [7, 11) is 0. The molecule has 55 heavy (non-hydrogen) atoms. The second kappa shape index (κ2) is 10.3. The predicted octanol–water partition coefficient (Wildman–Crippen LogP) is 14.0. The zero-order chi connectivity index (χ0) is 36.2. The molecule has 2 aliphatic carbocycles. The molecule has 0 spiro atoms. The minimum absolute atomic E-state index is 0.145. The Labute approximate surface area is 316 Å². The summed E-state index contributed by atoms with van der Waals surface area (Å²) in [5.74, 6) is 1.53. The molecule has 3 nitrogen and oxygen atoms in total. The molecule has 4 aromatic heterocycles. The van der Waals surface area contributed by atoms with Gasteiger partial charge in [0.05, 0.1) is 16.6 Å². The number of nitrogens with zero attached hydrogens (tertiary/aromatic N) is 1. The van der Waals surface area contributed by atoms with Crippen molar-refractivity contribution in [1.29, 1.82) is 0 Å². The van der Waals surface area contributed by atoms with Crippen LogP contribution < -0.4 is 0 Å². The first-order valence-electron chi connectivity index (χ1n) is 19.5. The summed E-state index contributed by atoms with van der Waals surface area (Å²) >= 11 is 0. The normalized spacial score (nSPS) is 18.3. The Morgan fingerprint density at radius 2 is 1.36 bits per heavy atom. The summed E-state index contributed by atoms with van der Waals surface area (Å²) in [6.07, 6.45) is 11.1. The van der Waals surface area contributed by atoms with Gasteiger partial charge in [-0.3, -0.25) is 0 Å². The van der Waals surface area contributed by atoms with E-state index in [1.54, 1.807) is 0 Å². The fourth-order valence-electron chi connectivity index (χ4n) is 10.2. The molecular weight excluding hydrogens is 671 g/mol. The summed E-state index contributed by atoms with van der Waals surface area (Å²) in [5.41, 5.74) is 14.3. The number of benzene rings is 7. The van der Waals surface area contributed by atoms with Crippen molar-refractivity contribution in [2.24, 2.45) is 5.92 Å². The van der Waals surface area contributed by atoms with Crippen molar-refractivity contribution in [3.8, 4) is 11.1 Å². The summed E-state index contributed by atoms with van der Waals surface area (Å²) in [6, 6.07) is 45.3. The lowest BCUT2D eigenvalue weighted by atomic mass is 9.72. The maximum atomic E-state index is 6.23. The van der Waals surface area contributed by atoms with Gasteiger partial charge in [0.1, 0.15) is 22.5 Å². The lowest BCUT2D eigenvalue weighted by Gasteiger charge is -2.31. The minimum Gasteiger partial charge on any atom is -0.456 e. The molecule has 7 aromatic carbocycles. The quantitative estimate of drug-likeness (QED) is 0.179. The SMILES string of the molecule is CC1C=Cc2oc3ccc(-c4ccc5cc6c7cccc8c9cc%10c(cc9n(c6cc5c4)c87)CC(C)(c4ccc5oc6ccccc6c5c4)C=C%10)cc3c2C1. The van der Waals surface area contributed by atoms with E-state index in [-0.39, 0.29) is 5.41 Å². The molecule has 0 amide bonds. The second-order valence-corrected chi connectivity index (χ2v) is 16.5. The topological polar surface area (TPSA) is 30.7 Å². The lowest BCUT2D eigenvalue weighted by Crippen LogP contribution is -2.25. The third kappa shape index (κ3) is 4.05. The highest BCUT2D eigenvalue weighted by molar-refractivity contribution is 6.25. The summed E-state index contributed by atoms with van der Waals surface area (Å²) in [4.78, 5) is 0. The van der Waals surface area contributed by atoms with Gasteiger partial charge in [0.2, 0.25) is 0 Å². The Hall–Kier alpha value is -6.58. The van der Waals surface area contributed by atoms with Crippen LogP contribution in [0.3, 0.4) is 0 Å². The lowest BCUT2D eigenvalue weighted by molar-refractivity contribution is 0.584. The van der Waals surface area contributed by atoms with Gasteiger partial charge in [0.25, 0.3) is 0 Å². The largest absolute Gasteiger partial charge is 0.456 e. The number of fused-ring (bicyclic) bond motifs is 14. The van der Waals surface area contributed by atoms with E-state index in [2.05, 4.69) is 158 Å². The molecule has 2 atom stereocenters. The van der Waals surface area contributed by atoms with Gasteiger partial charge in [0, 0.05) is 48.7 Å². The highest BCUT2D eigenvalue weighted by Gasteiger charge is 2.30. The number of para-hydroxylation sites is 2. The molecule has 4 heterocycles. The Balaban J connectivity index is 0.965. The molecule has 0 radical (unpaired) electrons. The number of allylic oxidation sites excluding steroid dienone is 2. The van der Waals surface area contributed by atoms with Gasteiger partial charge < -0.3 is 13.2 Å². The third-order valence-corrected chi connectivity index (χ3v) is 13.0. The van der Waals surface area contributed by atoms with Gasteiger partial charge in [-0.15, -0.1) is 0 Å². The highest BCUT2D eigenvalue weighted by atomic mass is 16.3. The molecule has 2 unspecified atom stereocenters. The number of hydrogen-bond donors (Lipinski definition) is 0. The van der Waals surface area contributed by atoms with Crippen molar-refractivity contribution in [1.82, 2.24) is 4.40 Å². The molecule has 0 N–H and O–H groups in total. The average Bonchev–Trinajstić information content (AvgIpc) is 3.95. The molecule has 0 saturated heterocycles. The van der Waals surface area contributed by atoms with Crippen molar-refractivity contribution >= 4 is 93.9 Å². The van der Waals surface area contributed by atoms with Crippen LogP contribution in [0.4, 0.5) is 0 Å². The predicted molar refractivity (Wildman–Crippen MR) is 230 cm³/mol. The Morgan fingerprint density at radius 1 is 0.600 bits per heavy atom. The van der Waals surface area contributed by atoms with Crippen molar-refractivity contribution < 1.29 is 8.83 Å². The monoisotopic (exact) mass is 705 g/mol. The molecule has 13 rings (SSSR count). The standard InChI is InChI=1S/C52H35NO2/c1-29-10-15-48-42(20-29)43-24-31(13-16-49(43)55-48)30-11-12-32-22-40-38-7-5-8-39-41-23-33-18-19-52(2,36-14-17-50-44(27-36)37-6-3-4-9-47(37)54-50)28-35(33)26-46(41)53(51(38)39)45(40)25-34(32)21-30/h3-19,21-27,29H,20,28H2,1-2H3. The Bertz CT molecular complexity index is 3530. The van der Waals surface area contributed by atoms with Crippen molar-refractivity contribution in [2.75, 3.05) is 0 Å². The van der Waals surface area contributed by atoms with Crippen LogP contribution in [-0.2, 0) is 18.3 Å². The highest BCUT2D eigenvalue weighted by Crippen LogP contribution is 2.45. The smallest absolute Gasteiger partial charge is 0.135 e. The zero-order valence-corrected chi connectivity index (χ0v) is 30.6. The van der Waals surface area contributed by atoms with Crippen LogP contribution in [-0.4, -0.2) is 4.40 Å². The van der Waals surface area contributed by atoms with Crippen LogP contribution >= 0.6 is 0 Å². The van der Waals surface area contributed by atoms with E-state index in [9.17, 15) is 0 Å².